The van der Waals surface area contributed by atoms with Crippen molar-refractivity contribution >= 4 is 19.3 Å². The molecule has 1 heterocycles. The van der Waals surface area contributed by atoms with Gasteiger partial charge in [0.1, 0.15) is 13.3 Å². The molecular formula is C7H14NS+. The van der Waals surface area contributed by atoms with Gasteiger partial charge in [-0.2, -0.15) is 12.6 Å². The van der Waals surface area contributed by atoms with Gasteiger partial charge in [-0.05, 0) is 6.42 Å². The fourth-order valence-electron chi connectivity index (χ4n) is 1.27. The van der Waals surface area contributed by atoms with E-state index in [0.717, 1.165) is 12.3 Å². The van der Waals surface area contributed by atoms with Crippen LogP contribution in [0, 0.1) is 0 Å². The van der Waals surface area contributed by atoms with Gasteiger partial charge in [-0.1, -0.05) is 0 Å². The smallest absolute Gasteiger partial charge is 0.160 e. The van der Waals surface area contributed by atoms with E-state index in [1.54, 1.807) is 0 Å². The molecule has 0 aromatic heterocycles. The fourth-order valence-corrected chi connectivity index (χ4v) is 1.68. The Morgan fingerprint density at radius 2 is 2.33 bits per heavy atom. The Labute approximate surface area is 62.2 Å². The summed E-state index contributed by atoms with van der Waals surface area (Å²) in [5, 5.41) is 0. The summed E-state index contributed by atoms with van der Waals surface area (Å²) in [5.41, 5.74) is 0. The van der Waals surface area contributed by atoms with Gasteiger partial charge in [-0.15, -0.1) is 0 Å². The van der Waals surface area contributed by atoms with E-state index in [1.165, 1.54) is 19.3 Å². The molecule has 1 saturated heterocycles. The van der Waals surface area contributed by atoms with Gasteiger partial charge in [-0.25, -0.2) is 4.58 Å². The van der Waals surface area contributed by atoms with Gasteiger partial charge in [0.25, 0.3) is 0 Å². The normalized spacial score (nSPS) is 28.6. The Morgan fingerprint density at radius 3 is 2.78 bits per heavy atom. The maximum atomic E-state index is 4.24. The SMILES string of the molecule is C=[N+]1CCCCC1CS. The standard InChI is InChI=1S/C7H13NS/c1-8-5-3-2-4-7(8)6-9/h7H,1-6H2/p+1. The molecule has 0 N–H and O–H groups in total. The van der Waals surface area contributed by atoms with E-state index in [9.17, 15) is 0 Å². The van der Waals surface area contributed by atoms with Crippen molar-refractivity contribution in [2.75, 3.05) is 12.3 Å². The lowest BCUT2D eigenvalue weighted by atomic mass is 10.1. The summed E-state index contributed by atoms with van der Waals surface area (Å²) < 4.78 is 2.16. The van der Waals surface area contributed by atoms with E-state index in [4.69, 9.17) is 0 Å². The predicted octanol–water partition coefficient (Wildman–Crippen LogP) is 1.18. The summed E-state index contributed by atoms with van der Waals surface area (Å²) in [5.74, 6) is 0.962. The van der Waals surface area contributed by atoms with Crippen LogP contribution in [-0.2, 0) is 0 Å². The first kappa shape index (κ1) is 7.13. The second-order valence-electron chi connectivity index (χ2n) is 2.64. The van der Waals surface area contributed by atoms with E-state index in [2.05, 4.69) is 23.9 Å². The van der Waals surface area contributed by atoms with Crippen molar-refractivity contribution in [2.24, 2.45) is 0 Å². The zero-order valence-electron chi connectivity index (χ0n) is 5.71. The number of piperidine rings is 1. The Hall–Kier alpha value is 0.0200. The highest BCUT2D eigenvalue weighted by molar-refractivity contribution is 7.80. The zero-order valence-corrected chi connectivity index (χ0v) is 6.61. The summed E-state index contributed by atoms with van der Waals surface area (Å²) in [6.07, 6.45) is 3.96. The molecule has 1 fully saturated rings. The van der Waals surface area contributed by atoms with Crippen LogP contribution in [-0.4, -0.2) is 29.6 Å². The van der Waals surface area contributed by atoms with Crippen LogP contribution in [0.1, 0.15) is 19.3 Å². The van der Waals surface area contributed by atoms with Crippen LogP contribution < -0.4 is 0 Å². The molecule has 0 saturated carbocycles. The van der Waals surface area contributed by atoms with Crippen molar-refractivity contribution in [3.05, 3.63) is 0 Å². The lowest BCUT2D eigenvalue weighted by Gasteiger charge is -2.17. The van der Waals surface area contributed by atoms with E-state index in [0.29, 0.717) is 6.04 Å². The van der Waals surface area contributed by atoms with E-state index in [1.807, 2.05) is 0 Å². The third kappa shape index (κ3) is 1.71. The second-order valence-corrected chi connectivity index (χ2v) is 3.01. The summed E-state index contributed by atoms with van der Waals surface area (Å²) in [4.78, 5) is 0. The molecule has 0 spiro atoms. The topological polar surface area (TPSA) is 3.01 Å². The average Bonchev–Trinajstić information content (AvgIpc) is 1.89. The lowest BCUT2D eigenvalue weighted by molar-refractivity contribution is -0.563. The molecule has 0 aromatic carbocycles. The quantitative estimate of drug-likeness (QED) is 0.416. The van der Waals surface area contributed by atoms with Crippen molar-refractivity contribution in [3.8, 4) is 0 Å². The zero-order chi connectivity index (χ0) is 6.69. The highest BCUT2D eigenvalue weighted by Crippen LogP contribution is 2.12. The number of hydrogen-bond donors (Lipinski definition) is 1. The predicted molar refractivity (Wildman–Crippen MR) is 43.7 cm³/mol. The minimum Gasteiger partial charge on any atom is -0.239 e. The molecule has 52 valence electrons. The van der Waals surface area contributed by atoms with Crippen molar-refractivity contribution in [1.82, 2.24) is 0 Å². The molecule has 1 aliphatic rings. The molecule has 0 aliphatic carbocycles. The summed E-state index contributed by atoms with van der Waals surface area (Å²) in [7, 11) is 0. The molecule has 0 aromatic rings. The first-order valence-electron chi connectivity index (χ1n) is 3.52. The van der Waals surface area contributed by atoms with Gasteiger partial charge in [0.15, 0.2) is 6.04 Å². The minimum atomic E-state index is 0.641. The van der Waals surface area contributed by atoms with Crippen molar-refractivity contribution in [1.29, 1.82) is 0 Å². The molecule has 1 unspecified atom stereocenters. The summed E-state index contributed by atoms with van der Waals surface area (Å²) in [6, 6.07) is 0.641. The van der Waals surface area contributed by atoms with Crippen molar-refractivity contribution in [3.63, 3.8) is 0 Å². The molecule has 1 rings (SSSR count). The Kier molecular flexibility index (Phi) is 2.58. The first-order valence-corrected chi connectivity index (χ1v) is 4.16. The highest BCUT2D eigenvalue weighted by atomic mass is 32.1. The number of thiol groups is 1. The van der Waals surface area contributed by atoms with E-state index >= 15 is 0 Å². The molecule has 1 atom stereocenters. The summed E-state index contributed by atoms with van der Waals surface area (Å²) >= 11 is 4.24. The number of rotatable bonds is 1. The first-order chi connectivity index (χ1) is 4.34. The highest BCUT2D eigenvalue weighted by Gasteiger charge is 2.20. The minimum absolute atomic E-state index is 0.641. The van der Waals surface area contributed by atoms with Gasteiger partial charge in [0.05, 0.1) is 5.75 Å². The maximum absolute atomic E-state index is 4.24. The number of hydrogen-bond acceptors (Lipinski definition) is 1. The van der Waals surface area contributed by atoms with Crippen LogP contribution in [0.5, 0.6) is 0 Å². The van der Waals surface area contributed by atoms with Gasteiger partial charge >= 0.3 is 0 Å². The van der Waals surface area contributed by atoms with Gasteiger partial charge < -0.3 is 0 Å². The third-order valence-corrected chi connectivity index (χ3v) is 2.38. The fraction of sp³-hybridized carbons (Fsp3) is 0.857. The Morgan fingerprint density at radius 1 is 1.56 bits per heavy atom. The molecule has 2 heteroatoms. The van der Waals surface area contributed by atoms with Crippen LogP contribution >= 0.6 is 12.6 Å². The molecule has 0 amide bonds. The van der Waals surface area contributed by atoms with Crippen LogP contribution in [0.15, 0.2) is 0 Å². The molecular weight excluding hydrogens is 130 g/mol. The number of nitrogens with zero attached hydrogens (tertiary/aromatic N) is 1. The second kappa shape index (κ2) is 3.25. The summed E-state index contributed by atoms with van der Waals surface area (Å²) in [6.45, 7) is 5.09. The van der Waals surface area contributed by atoms with Gasteiger partial charge in [-0.3, -0.25) is 0 Å². The Balaban J connectivity index is 2.39. The molecule has 1 aliphatic heterocycles. The maximum Gasteiger partial charge on any atom is 0.160 e. The van der Waals surface area contributed by atoms with E-state index < -0.39 is 0 Å². The van der Waals surface area contributed by atoms with Crippen LogP contribution in [0.4, 0.5) is 0 Å². The van der Waals surface area contributed by atoms with Crippen LogP contribution in [0.3, 0.4) is 0 Å². The molecule has 9 heavy (non-hydrogen) atoms. The Bertz CT molecular complexity index is 111. The largest absolute Gasteiger partial charge is 0.239 e. The van der Waals surface area contributed by atoms with Gasteiger partial charge in [0, 0.05) is 12.8 Å². The van der Waals surface area contributed by atoms with E-state index in [-0.39, 0.29) is 0 Å². The molecule has 1 nitrogen and oxygen atoms in total. The molecule has 0 bridgehead atoms. The van der Waals surface area contributed by atoms with Crippen molar-refractivity contribution in [2.45, 2.75) is 25.3 Å². The monoisotopic (exact) mass is 144 g/mol. The molecule has 0 radical (unpaired) electrons. The lowest BCUT2D eigenvalue weighted by Crippen LogP contribution is -2.31. The van der Waals surface area contributed by atoms with Gasteiger partial charge in [0.2, 0.25) is 0 Å². The van der Waals surface area contributed by atoms with Crippen molar-refractivity contribution < 1.29 is 4.58 Å². The van der Waals surface area contributed by atoms with Crippen LogP contribution in [0.25, 0.3) is 0 Å². The van der Waals surface area contributed by atoms with Crippen LogP contribution in [0.2, 0.25) is 0 Å². The third-order valence-electron chi connectivity index (χ3n) is 1.96. The average molecular weight is 144 g/mol.